The summed E-state index contributed by atoms with van der Waals surface area (Å²) in [4.78, 5) is 33.0. The van der Waals surface area contributed by atoms with Gasteiger partial charge in [-0.15, -0.1) is 11.3 Å². The number of aryl methyl sites for hydroxylation is 2. The second kappa shape index (κ2) is 10.4. The van der Waals surface area contributed by atoms with Crippen LogP contribution in [0.1, 0.15) is 31.0 Å². The summed E-state index contributed by atoms with van der Waals surface area (Å²) in [6.07, 6.45) is 0.383. The first-order valence-corrected chi connectivity index (χ1v) is 12.2. The van der Waals surface area contributed by atoms with Crippen molar-refractivity contribution in [3.05, 3.63) is 71.1 Å². The SMILES string of the molecule is Cc1ncsc1-c1ccc(CCC(=O)[C@@H]2C[C@@H](O)CN2C(=O)C(C)Nc2ccc(F)cc2)cc1. The fraction of sp³-hybridized carbons (Fsp3) is 0.346. The van der Waals surface area contributed by atoms with E-state index in [4.69, 9.17) is 0 Å². The van der Waals surface area contributed by atoms with Crippen molar-refractivity contribution in [2.45, 2.75) is 51.3 Å². The second-order valence-electron chi connectivity index (χ2n) is 8.70. The van der Waals surface area contributed by atoms with Crippen molar-refractivity contribution in [2.24, 2.45) is 0 Å². The van der Waals surface area contributed by atoms with Crippen LogP contribution in [0.3, 0.4) is 0 Å². The quantitative estimate of drug-likeness (QED) is 0.503. The summed E-state index contributed by atoms with van der Waals surface area (Å²) in [6.45, 7) is 3.81. The first-order chi connectivity index (χ1) is 16.3. The van der Waals surface area contributed by atoms with Gasteiger partial charge in [0.05, 0.1) is 28.2 Å². The van der Waals surface area contributed by atoms with E-state index in [2.05, 4.69) is 10.3 Å². The second-order valence-corrected chi connectivity index (χ2v) is 9.55. The number of aliphatic hydroxyl groups excluding tert-OH is 1. The molecule has 2 N–H and O–H groups in total. The summed E-state index contributed by atoms with van der Waals surface area (Å²) in [7, 11) is 0. The fourth-order valence-corrected chi connectivity index (χ4v) is 5.12. The highest BCUT2D eigenvalue weighted by molar-refractivity contribution is 7.13. The van der Waals surface area contributed by atoms with Gasteiger partial charge in [-0.3, -0.25) is 9.59 Å². The summed E-state index contributed by atoms with van der Waals surface area (Å²) in [5.74, 6) is -0.670. The number of aromatic nitrogens is 1. The van der Waals surface area contributed by atoms with E-state index in [1.807, 2.05) is 36.7 Å². The number of carbonyl (C=O) groups excluding carboxylic acids is 2. The number of β-amino-alcohol motifs (C(OH)–C–C–N with tert-alkyl or cyclic N) is 1. The Hall–Kier alpha value is -3.10. The van der Waals surface area contributed by atoms with Gasteiger partial charge in [0, 0.05) is 25.1 Å². The van der Waals surface area contributed by atoms with Crippen molar-refractivity contribution in [1.29, 1.82) is 0 Å². The van der Waals surface area contributed by atoms with E-state index in [0.29, 0.717) is 18.5 Å². The van der Waals surface area contributed by atoms with Gasteiger partial charge in [-0.05, 0) is 55.7 Å². The van der Waals surface area contributed by atoms with Crippen LogP contribution in [0.4, 0.5) is 10.1 Å². The fourth-order valence-electron chi connectivity index (χ4n) is 4.31. The first-order valence-electron chi connectivity index (χ1n) is 11.3. The largest absolute Gasteiger partial charge is 0.391 e. The Morgan fingerprint density at radius 3 is 2.56 bits per heavy atom. The summed E-state index contributed by atoms with van der Waals surface area (Å²) >= 11 is 1.60. The number of benzene rings is 2. The molecule has 0 bridgehead atoms. The molecule has 1 aromatic heterocycles. The highest BCUT2D eigenvalue weighted by Crippen LogP contribution is 2.28. The van der Waals surface area contributed by atoms with Crippen LogP contribution in [0.15, 0.2) is 54.0 Å². The summed E-state index contributed by atoms with van der Waals surface area (Å²) in [5, 5.41) is 13.2. The number of hydrogen-bond acceptors (Lipinski definition) is 6. The van der Waals surface area contributed by atoms with Gasteiger partial charge in [0.15, 0.2) is 5.78 Å². The maximum atomic E-state index is 13.1. The van der Waals surface area contributed by atoms with E-state index in [1.165, 1.54) is 17.0 Å². The highest BCUT2D eigenvalue weighted by atomic mass is 32.1. The molecule has 1 aliphatic rings. The maximum absolute atomic E-state index is 13.1. The van der Waals surface area contributed by atoms with Crippen molar-refractivity contribution < 1.29 is 19.1 Å². The van der Waals surface area contributed by atoms with E-state index in [1.54, 1.807) is 30.4 Å². The molecular formula is C26H28FN3O3S. The molecule has 34 heavy (non-hydrogen) atoms. The number of Topliss-reactive ketones (excluding diaryl/α,β-unsaturated/α-hetero) is 1. The van der Waals surface area contributed by atoms with E-state index >= 15 is 0 Å². The number of hydrogen-bond donors (Lipinski definition) is 2. The lowest BCUT2D eigenvalue weighted by molar-refractivity contribution is -0.138. The van der Waals surface area contributed by atoms with Gasteiger partial charge < -0.3 is 15.3 Å². The lowest BCUT2D eigenvalue weighted by Crippen LogP contribution is -2.47. The monoisotopic (exact) mass is 481 g/mol. The molecule has 3 atom stereocenters. The van der Waals surface area contributed by atoms with Crippen molar-refractivity contribution in [1.82, 2.24) is 9.88 Å². The molecular weight excluding hydrogens is 453 g/mol. The standard InChI is InChI=1S/C26H28FN3O3S/c1-16-25(34-15-28-16)19-6-3-18(4-7-19)5-12-24(32)23-13-22(31)14-30(23)26(33)17(2)29-21-10-8-20(27)9-11-21/h3-4,6-11,15,17,22-23,29,31H,5,12-14H2,1-2H3/t17?,22-,23+/m1/s1. The number of ketones is 1. The van der Waals surface area contributed by atoms with Crippen LogP contribution in [0.5, 0.6) is 0 Å². The molecule has 4 rings (SSSR count). The Kier molecular flexibility index (Phi) is 7.38. The third-order valence-corrected chi connectivity index (χ3v) is 7.13. The van der Waals surface area contributed by atoms with Crippen molar-refractivity contribution in [2.75, 3.05) is 11.9 Å². The van der Waals surface area contributed by atoms with E-state index < -0.39 is 18.2 Å². The molecule has 178 valence electrons. The zero-order chi connectivity index (χ0) is 24.2. The van der Waals surface area contributed by atoms with Crippen LogP contribution in [-0.2, 0) is 16.0 Å². The highest BCUT2D eigenvalue weighted by Gasteiger charge is 2.39. The Bertz CT molecular complexity index is 1150. The molecule has 2 aromatic carbocycles. The van der Waals surface area contributed by atoms with Gasteiger partial charge in [-0.25, -0.2) is 9.37 Å². The number of nitrogens with zero attached hydrogens (tertiary/aromatic N) is 2. The van der Waals surface area contributed by atoms with Crippen molar-refractivity contribution >= 4 is 28.7 Å². The van der Waals surface area contributed by atoms with E-state index in [-0.39, 0.29) is 30.5 Å². The molecule has 8 heteroatoms. The third-order valence-electron chi connectivity index (χ3n) is 6.15. The molecule has 1 amide bonds. The Labute approximate surface area is 202 Å². The van der Waals surface area contributed by atoms with Gasteiger partial charge in [0.2, 0.25) is 5.91 Å². The van der Waals surface area contributed by atoms with E-state index in [0.717, 1.165) is 21.7 Å². The average molecular weight is 482 g/mol. The Morgan fingerprint density at radius 1 is 1.21 bits per heavy atom. The average Bonchev–Trinajstić information content (AvgIpc) is 3.44. The summed E-state index contributed by atoms with van der Waals surface area (Å²) in [5.41, 5.74) is 5.59. The predicted molar refractivity (Wildman–Crippen MR) is 131 cm³/mol. The zero-order valence-electron chi connectivity index (χ0n) is 19.2. The smallest absolute Gasteiger partial charge is 0.245 e. The van der Waals surface area contributed by atoms with Crippen molar-refractivity contribution in [3.63, 3.8) is 0 Å². The first kappa shape index (κ1) is 24.0. The summed E-state index contributed by atoms with van der Waals surface area (Å²) < 4.78 is 13.1. The van der Waals surface area contributed by atoms with Crippen LogP contribution >= 0.6 is 11.3 Å². The number of rotatable bonds is 8. The minimum atomic E-state index is -0.724. The molecule has 0 saturated carbocycles. The van der Waals surface area contributed by atoms with Crippen molar-refractivity contribution in [3.8, 4) is 10.4 Å². The molecule has 6 nitrogen and oxygen atoms in total. The number of nitrogens with one attached hydrogen (secondary N) is 1. The number of aliphatic hydroxyl groups is 1. The minimum Gasteiger partial charge on any atom is -0.391 e. The lowest BCUT2D eigenvalue weighted by atomic mass is 10.00. The predicted octanol–water partition coefficient (Wildman–Crippen LogP) is 4.22. The molecule has 2 heterocycles. The van der Waals surface area contributed by atoms with Crippen LogP contribution in [-0.4, -0.2) is 51.4 Å². The maximum Gasteiger partial charge on any atom is 0.245 e. The van der Waals surface area contributed by atoms with Crippen LogP contribution in [0, 0.1) is 12.7 Å². The molecule has 1 aliphatic heterocycles. The molecule has 3 aromatic rings. The van der Waals surface area contributed by atoms with E-state index in [9.17, 15) is 19.1 Å². The minimum absolute atomic E-state index is 0.0544. The zero-order valence-corrected chi connectivity index (χ0v) is 20.0. The molecule has 0 radical (unpaired) electrons. The lowest BCUT2D eigenvalue weighted by Gasteiger charge is -2.27. The number of halogens is 1. The van der Waals surface area contributed by atoms with Crippen LogP contribution in [0.2, 0.25) is 0 Å². The van der Waals surface area contributed by atoms with Gasteiger partial charge in [0.1, 0.15) is 11.9 Å². The third kappa shape index (κ3) is 5.51. The van der Waals surface area contributed by atoms with Crippen LogP contribution in [0.25, 0.3) is 10.4 Å². The normalized spacial score (nSPS) is 18.6. The van der Waals surface area contributed by atoms with Gasteiger partial charge >= 0.3 is 0 Å². The van der Waals surface area contributed by atoms with Gasteiger partial charge in [-0.1, -0.05) is 24.3 Å². The number of thiazole rings is 1. The number of likely N-dealkylation sites (tertiary alicyclic amines) is 1. The topological polar surface area (TPSA) is 82.5 Å². The summed E-state index contributed by atoms with van der Waals surface area (Å²) in [6, 6.07) is 12.6. The molecule has 0 aliphatic carbocycles. The number of carbonyl (C=O) groups is 2. The number of amides is 1. The van der Waals surface area contributed by atoms with Gasteiger partial charge in [-0.2, -0.15) is 0 Å². The van der Waals surface area contributed by atoms with Crippen LogP contribution < -0.4 is 5.32 Å². The molecule has 1 unspecified atom stereocenters. The van der Waals surface area contributed by atoms with Gasteiger partial charge in [0.25, 0.3) is 0 Å². The Balaban J connectivity index is 1.36. The molecule has 1 saturated heterocycles. The molecule has 0 spiro atoms. The Morgan fingerprint density at radius 2 is 1.91 bits per heavy atom. The number of anilines is 1. The molecule has 1 fully saturated rings.